The summed E-state index contributed by atoms with van der Waals surface area (Å²) in [5.74, 6) is -0.0397. The molecule has 2 N–H and O–H groups in total. The number of aromatic nitrogens is 2. The van der Waals surface area contributed by atoms with Crippen molar-refractivity contribution in [1.29, 1.82) is 0 Å². The van der Waals surface area contributed by atoms with Crippen LogP contribution in [0.15, 0.2) is 72.8 Å². The van der Waals surface area contributed by atoms with Gasteiger partial charge in [-0.15, -0.1) is 0 Å². The Morgan fingerprint density at radius 1 is 0.939 bits per heavy atom. The lowest BCUT2D eigenvalue weighted by Crippen LogP contribution is -2.33. The largest absolute Gasteiger partial charge is 0.343 e. The van der Waals surface area contributed by atoms with Crippen LogP contribution in [0.2, 0.25) is 0 Å². The first-order valence-electron chi connectivity index (χ1n) is 11.0. The fraction of sp³-hybridized carbons (Fsp3) is 0.222. The number of rotatable bonds is 5. The topological polar surface area (TPSA) is 76.0 Å². The maximum absolute atomic E-state index is 12.8. The molecule has 0 aliphatic rings. The first-order chi connectivity index (χ1) is 15.7. The molecule has 4 aromatic rings. The summed E-state index contributed by atoms with van der Waals surface area (Å²) in [6.45, 7) is 8.09. The smallest absolute Gasteiger partial charge is 0.252 e. The average molecular weight is 441 g/mol. The quantitative estimate of drug-likeness (QED) is 0.459. The van der Waals surface area contributed by atoms with Crippen LogP contribution < -0.4 is 10.6 Å². The van der Waals surface area contributed by atoms with Gasteiger partial charge in [0.2, 0.25) is 5.91 Å². The van der Waals surface area contributed by atoms with Gasteiger partial charge in [0.1, 0.15) is 5.82 Å². The molecule has 0 aliphatic carbocycles. The van der Waals surface area contributed by atoms with E-state index in [4.69, 9.17) is 5.10 Å². The van der Waals surface area contributed by atoms with Crippen molar-refractivity contribution in [2.75, 3.05) is 11.9 Å². The van der Waals surface area contributed by atoms with E-state index < -0.39 is 0 Å². The van der Waals surface area contributed by atoms with Gasteiger partial charge in [-0.05, 0) is 35.4 Å². The molecule has 0 radical (unpaired) electrons. The normalized spacial score (nSPS) is 11.4. The zero-order chi connectivity index (χ0) is 23.6. The number of hydrogen-bond donors (Lipinski definition) is 2. The highest BCUT2D eigenvalue weighted by molar-refractivity contribution is 6.08. The molecule has 33 heavy (non-hydrogen) atoms. The number of para-hydroxylation sites is 1. The summed E-state index contributed by atoms with van der Waals surface area (Å²) >= 11 is 0. The third-order valence-corrected chi connectivity index (χ3v) is 5.53. The van der Waals surface area contributed by atoms with E-state index in [-0.39, 0.29) is 23.8 Å². The van der Waals surface area contributed by atoms with E-state index in [1.54, 1.807) is 10.7 Å². The van der Waals surface area contributed by atoms with Crippen LogP contribution in [-0.2, 0) is 10.2 Å². The van der Waals surface area contributed by atoms with Crippen LogP contribution in [0.5, 0.6) is 0 Å². The Morgan fingerprint density at radius 3 is 2.39 bits per heavy atom. The summed E-state index contributed by atoms with van der Waals surface area (Å²) in [7, 11) is 0. The van der Waals surface area contributed by atoms with E-state index in [2.05, 4.69) is 31.4 Å². The van der Waals surface area contributed by atoms with Gasteiger partial charge in [0.15, 0.2) is 0 Å². The summed E-state index contributed by atoms with van der Waals surface area (Å²) in [5.41, 5.74) is 3.15. The number of fused-ring (bicyclic) bond motifs is 1. The molecule has 0 atom stereocenters. The summed E-state index contributed by atoms with van der Waals surface area (Å²) in [5, 5.41) is 12.2. The Balaban J connectivity index is 1.53. The minimum atomic E-state index is -0.321. The van der Waals surface area contributed by atoms with Crippen molar-refractivity contribution in [3.8, 4) is 5.69 Å². The number of carbonyl (C=O) groups excluding carboxylic acids is 2. The molecule has 4 rings (SSSR count). The first-order valence-corrected chi connectivity index (χ1v) is 11.0. The van der Waals surface area contributed by atoms with Crippen LogP contribution in [0.1, 0.15) is 42.4 Å². The number of benzene rings is 3. The minimum absolute atomic E-state index is 0.147. The second-order valence-electron chi connectivity index (χ2n) is 9.12. The van der Waals surface area contributed by atoms with Crippen molar-refractivity contribution >= 4 is 28.4 Å². The fourth-order valence-corrected chi connectivity index (χ4v) is 3.69. The molecule has 168 valence electrons. The molecule has 6 heteroatoms. The van der Waals surface area contributed by atoms with Crippen LogP contribution in [0.25, 0.3) is 16.5 Å². The van der Waals surface area contributed by atoms with Crippen molar-refractivity contribution in [3.63, 3.8) is 0 Å². The Hall–Kier alpha value is -3.93. The van der Waals surface area contributed by atoms with Crippen molar-refractivity contribution in [2.45, 2.75) is 33.1 Å². The van der Waals surface area contributed by atoms with Gasteiger partial charge in [-0.25, -0.2) is 4.68 Å². The number of amides is 2. The highest BCUT2D eigenvalue weighted by Crippen LogP contribution is 2.27. The molecule has 0 fully saturated rings. The lowest BCUT2D eigenvalue weighted by Gasteiger charge is -2.14. The molecule has 2 amide bonds. The van der Waals surface area contributed by atoms with Crippen LogP contribution in [0.4, 0.5) is 5.82 Å². The monoisotopic (exact) mass is 440 g/mol. The van der Waals surface area contributed by atoms with Gasteiger partial charge in [-0.2, -0.15) is 5.10 Å². The Kier molecular flexibility index (Phi) is 6.01. The molecule has 1 aromatic heterocycles. The number of aryl methyl sites for hydroxylation is 1. The molecule has 0 saturated carbocycles. The van der Waals surface area contributed by atoms with Gasteiger partial charge >= 0.3 is 0 Å². The number of hydrogen-bond acceptors (Lipinski definition) is 3. The summed E-state index contributed by atoms with van der Waals surface area (Å²) in [4.78, 5) is 25.5. The van der Waals surface area contributed by atoms with Crippen LogP contribution in [0.3, 0.4) is 0 Å². The lowest BCUT2D eigenvalue weighted by molar-refractivity contribution is -0.115. The van der Waals surface area contributed by atoms with E-state index in [0.29, 0.717) is 11.4 Å². The zero-order valence-corrected chi connectivity index (χ0v) is 19.3. The molecule has 6 nitrogen and oxygen atoms in total. The molecule has 0 aliphatic heterocycles. The predicted molar refractivity (Wildman–Crippen MR) is 132 cm³/mol. The van der Waals surface area contributed by atoms with Crippen molar-refractivity contribution in [2.24, 2.45) is 0 Å². The second-order valence-corrected chi connectivity index (χ2v) is 9.12. The fourth-order valence-electron chi connectivity index (χ4n) is 3.69. The molecule has 0 saturated heterocycles. The minimum Gasteiger partial charge on any atom is -0.343 e. The van der Waals surface area contributed by atoms with E-state index in [1.165, 1.54) is 0 Å². The number of anilines is 1. The highest BCUT2D eigenvalue weighted by atomic mass is 16.2. The van der Waals surface area contributed by atoms with Crippen molar-refractivity contribution in [3.05, 3.63) is 89.6 Å². The standard InChI is InChI=1S/C27H28N4O2/c1-18-10-5-8-15-22(18)31-24(16-23(30-31)27(2,3)4)29-25(32)17-28-26(33)21-14-9-12-19-11-6-7-13-20(19)21/h5-16H,17H2,1-4H3,(H,28,33)(H,29,32). The maximum atomic E-state index is 12.8. The van der Waals surface area contributed by atoms with Gasteiger partial charge in [-0.3, -0.25) is 9.59 Å². The summed E-state index contributed by atoms with van der Waals surface area (Å²) < 4.78 is 1.75. The van der Waals surface area contributed by atoms with Crippen molar-refractivity contribution < 1.29 is 9.59 Å². The van der Waals surface area contributed by atoms with Gasteiger partial charge in [0, 0.05) is 17.0 Å². The number of nitrogens with zero attached hydrogens (tertiary/aromatic N) is 2. The molecule has 3 aromatic carbocycles. The van der Waals surface area contributed by atoms with Crippen LogP contribution in [-0.4, -0.2) is 28.1 Å². The molecule has 0 bridgehead atoms. The van der Waals surface area contributed by atoms with Gasteiger partial charge in [0.05, 0.1) is 17.9 Å². The van der Waals surface area contributed by atoms with Crippen LogP contribution >= 0.6 is 0 Å². The third-order valence-electron chi connectivity index (χ3n) is 5.53. The average Bonchev–Trinajstić information content (AvgIpc) is 3.21. The predicted octanol–water partition coefficient (Wildman–Crippen LogP) is 5.00. The number of nitrogens with one attached hydrogen (secondary N) is 2. The Bertz CT molecular complexity index is 1330. The first kappa shape index (κ1) is 22.3. The summed E-state index contributed by atoms with van der Waals surface area (Å²) in [6.07, 6.45) is 0. The lowest BCUT2D eigenvalue weighted by atomic mass is 9.92. The van der Waals surface area contributed by atoms with E-state index in [0.717, 1.165) is 27.7 Å². The molecular weight excluding hydrogens is 412 g/mol. The molecular formula is C27H28N4O2. The number of carbonyl (C=O) groups is 2. The van der Waals surface area contributed by atoms with Gasteiger partial charge < -0.3 is 10.6 Å². The van der Waals surface area contributed by atoms with Gasteiger partial charge in [0.25, 0.3) is 5.91 Å². The molecule has 0 spiro atoms. The van der Waals surface area contributed by atoms with E-state index in [1.807, 2.05) is 73.7 Å². The highest BCUT2D eigenvalue weighted by Gasteiger charge is 2.22. The third kappa shape index (κ3) is 4.80. The summed E-state index contributed by atoms with van der Waals surface area (Å²) in [6, 6.07) is 23.0. The molecule has 1 heterocycles. The van der Waals surface area contributed by atoms with Crippen LogP contribution in [0, 0.1) is 6.92 Å². The SMILES string of the molecule is Cc1ccccc1-n1nc(C(C)(C)C)cc1NC(=O)CNC(=O)c1cccc2ccccc12. The molecule has 0 unspecified atom stereocenters. The Morgan fingerprint density at radius 2 is 1.64 bits per heavy atom. The Labute approximate surface area is 193 Å². The van der Waals surface area contributed by atoms with Crippen molar-refractivity contribution in [1.82, 2.24) is 15.1 Å². The zero-order valence-electron chi connectivity index (χ0n) is 19.3. The maximum Gasteiger partial charge on any atom is 0.252 e. The van der Waals surface area contributed by atoms with E-state index >= 15 is 0 Å². The van der Waals surface area contributed by atoms with Gasteiger partial charge in [-0.1, -0.05) is 75.4 Å². The van der Waals surface area contributed by atoms with E-state index in [9.17, 15) is 9.59 Å². The second kappa shape index (κ2) is 8.90.